The molecule has 6 nitrogen and oxygen atoms in total. The van der Waals surface area contributed by atoms with Gasteiger partial charge in [0.25, 0.3) is 15.7 Å². The monoisotopic (exact) mass is 324 g/mol. The number of carbonyl (C=O) groups excluding carboxylic acids is 1. The lowest BCUT2D eigenvalue weighted by Crippen LogP contribution is -2.22. The third-order valence-electron chi connectivity index (χ3n) is 3.06. The highest BCUT2D eigenvalue weighted by Gasteiger charge is 2.30. The molecule has 0 unspecified atom stereocenters. The van der Waals surface area contributed by atoms with Crippen molar-refractivity contribution < 1.29 is 17.6 Å². The molecule has 1 amide bonds. The van der Waals surface area contributed by atoms with Crippen LogP contribution in [0.15, 0.2) is 37.7 Å². The van der Waals surface area contributed by atoms with E-state index in [1.807, 2.05) is 0 Å². The summed E-state index contributed by atoms with van der Waals surface area (Å²) in [6.07, 6.45) is 0.945. The minimum absolute atomic E-state index is 0.209. The van der Waals surface area contributed by atoms with Crippen LogP contribution in [0, 0.1) is 6.92 Å². The highest BCUT2D eigenvalue weighted by Crippen LogP contribution is 2.31. The van der Waals surface area contributed by atoms with Crippen LogP contribution >= 0.6 is 11.6 Å². The zero-order valence-corrected chi connectivity index (χ0v) is 12.4. The maximum absolute atomic E-state index is 12.5. The van der Waals surface area contributed by atoms with Gasteiger partial charge in [-0.1, -0.05) is 11.6 Å². The molecule has 2 heterocycles. The average molecular weight is 325 g/mol. The number of halogens is 1. The molecule has 0 N–H and O–H groups in total. The molecule has 0 fully saturated rings. The molecular weight excluding hydrogens is 316 g/mol. The van der Waals surface area contributed by atoms with Gasteiger partial charge in [-0.25, -0.2) is 13.4 Å². The summed E-state index contributed by atoms with van der Waals surface area (Å²) < 4.78 is 30.4. The standard InChI is InChI=1S/C13H9ClN2O4S/c1-7-9-4-8(14)2-3-10(9)20-13(7)21(18,19)12-6-15-11(17)5-16-12/h2-4,6H,5H2,1H3. The molecule has 1 aromatic heterocycles. The second-order valence-corrected chi connectivity index (χ2v) is 6.70. The molecule has 3 rings (SSSR count). The first-order valence-electron chi connectivity index (χ1n) is 5.94. The van der Waals surface area contributed by atoms with Crippen LogP contribution in [0.2, 0.25) is 5.02 Å². The number of fused-ring (bicyclic) bond motifs is 1. The zero-order valence-electron chi connectivity index (χ0n) is 10.8. The largest absolute Gasteiger partial charge is 0.444 e. The Kier molecular flexibility index (Phi) is 3.18. The first kappa shape index (κ1) is 14.0. The second-order valence-electron chi connectivity index (χ2n) is 4.46. The summed E-state index contributed by atoms with van der Waals surface area (Å²) in [6, 6.07) is 4.85. The summed E-state index contributed by atoms with van der Waals surface area (Å²) in [7, 11) is -3.95. The molecule has 8 heteroatoms. The first-order valence-corrected chi connectivity index (χ1v) is 7.81. The Balaban J connectivity index is 2.18. The maximum atomic E-state index is 12.5. The van der Waals surface area contributed by atoms with Crippen LogP contribution < -0.4 is 0 Å². The van der Waals surface area contributed by atoms with Gasteiger partial charge in [0.2, 0.25) is 5.09 Å². The average Bonchev–Trinajstić information content (AvgIpc) is 2.77. The van der Waals surface area contributed by atoms with Crippen molar-refractivity contribution in [1.82, 2.24) is 0 Å². The van der Waals surface area contributed by atoms with Crippen molar-refractivity contribution in [2.24, 2.45) is 9.98 Å². The summed E-state index contributed by atoms with van der Waals surface area (Å²) in [5.41, 5.74) is 0.861. The predicted octanol–water partition coefficient (Wildman–Crippen LogP) is 2.18. The Hall–Kier alpha value is -1.99. The molecule has 0 saturated heterocycles. The van der Waals surface area contributed by atoms with E-state index < -0.39 is 15.7 Å². The van der Waals surface area contributed by atoms with E-state index in [2.05, 4.69) is 9.98 Å². The van der Waals surface area contributed by atoms with E-state index in [0.29, 0.717) is 21.6 Å². The number of sulfone groups is 1. The molecule has 0 saturated carbocycles. The molecule has 1 aliphatic rings. The van der Waals surface area contributed by atoms with Crippen molar-refractivity contribution in [1.29, 1.82) is 0 Å². The van der Waals surface area contributed by atoms with Gasteiger partial charge in [-0.3, -0.25) is 9.79 Å². The zero-order chi connectivity index (χ0) is 15.2. The van der Waals surface area contributed by atoms with Gasteiger partial charge in [0.1, 0.15) is 12.1 Å². The summed E-state index contributed by atoms with van der Waals surface area (Å²) >= 11 is 5.91. The number of nitrogens with zero attached hydrogens (tertiary/aromatic N) is 2. The van der Waals surface area contributed by atoms with E-state index in [1.165, 1.54) is 0 Å². The van der Waals surface area contributed by atoms with Crippen molar-refractivity contribution in [2.75, 3.05) is 6.54 Å². The number of rotatable bonds is 1. The number of carbonyl (C=O) groups is 1. The minimum atomic E-state index is -3.95. The summed E-state index contributed by atoms with van der Waals surface area (Å²) in [5, 5.41) is 0.609. The van der Waals surface area contributed by atoms with E-state index in [4.69, 9.17) is 16.0 Å². The van der Waals surface area contributed by atoms with Crippen LogP contribution in [0.25, 0.3) is 11.0 Å². The van der Waals surface area contributed by atoms with Gasteiger partial charge >= 0.3 is 0 Å². The quantitative estimate of drug-likeness (QED) is 0.804. The van der Waals surface area contributed by atoms with E-state index in [-0.39, 0.29) is 16.7 Å². The number of aliphatic imine (C=N–C) groups is 2. The van der Waals surface area contributed by atoms with Gasteiger partial charge in [-0.2, -0.15) is 0 Å². The lowest BCUT2D eigenvalue weighted by atomic mass is 10.2. The first-order chi connectivity index (χ1) is 9.89. The van der Waals surface area contributed by atoms with Gasteiger partial charge in [0.05, 0.1) is 6.21 Å². The fraction of sp³-hybridized carbons (Fsp3) is 0.154. The smallest absolute Gasteiger partial charge is 0.267 e. The third kappa shape index (κ3) is 2.28. The van der Waals surface area contributed by atoms with E-state index in [1.54, 1.807) is 25.1 Å². The topological polar surface area (TPSA) is 89.1 Å². The molecule has 0 bridgehead atoms. The van der Waals surface area contributed by atoms with Crippen molar-refractivity contribution in [3.8, 4) is 0 Å². The lowest BCUT2D eigenvalue weighted by Gasteiger charge is -2.04. The van der Waals surface area contributed by atoms with Crippen LogP contribution in [0.1, 0.15) is 5.56 Å². The van der Waals surface area contributed by atoms with Crippen LogP contribution in [0.3, 0.4) is 0 Å². The number of furan rings is 1. The van der Waals surface area contributed by atoms with Crippen molar-refractivity contribution in [2.45, 2.75) is 12.0 Å². The highest BCUT2D eigenvalue weighted by atomic mass is 35.5. The Labute approximate surface area is 125 Å². The molecule has 0 radical (unpaired) electrons. The fourth-order valence-corrected chi connectivity index (χ4v) is 3.53. The van der Waals surface area contributed by atoms with Crippen LogP contribution in [-0.2, 0) is 14.6 Å². The number of amides is 1. The van der Waals surface area contributed by atoms with Crippen LogP contribution in [-0.4, -0.2) is 32.1 Å². The predicted molar refractivity (Wildman–Crippen MR) is 78.9 cm³/mol. The van der Waals surface area contributed by atoms with Crippen LogP contribution in [0.5, 0.6) is 0 Å². The van der Waals surface area contributed by atoms with E-state index in [0.717, 1.165) is 6.21 Å². The molecule has 21 heavy (non-hydrogen) atoms. The van der Waals surface area contributed by atoms with Gasteiger partial charge in [0, 0.05) is 16.0 Å². The van der Waals surface area contributed by atoms with Gasteiger partial charge in [-0.05, 0) is 25.1 Å². The molecule has 1 aromatic carbocycles. The fourth-order valence-electron chi connectivity index (χ4n) is 2.03. The summed E-state index contributed by atoms with van der Waals surface area (Å²) in [5.74, 6) is -0.484. The number of hydrogen-bond acceptors (Lipinski definition) is 5. The summed E-state index contributed by atoms with van der Waals surface area (Å²) in [4.78, 5) is 18.2. The molecule has 0 spiro atoms. The summed E-state index contributed by atoms with van der Waals surface area (Å²) in [6.45, 7) is 1.34. The minimum Gasteiger partial charge on any atom is -0.444 e. The number of benzene rings is 1. The molecule has 0 atom stereocenters. The second kappa shape index (κ2) is 4.78. The molecule has 108 valence electrons. The van der Waals surface area contributed by atoms with Gasteiger partial charge < -0.3 is 4.42 Å². The number of hydrogen-bond donors (Lipinski definition) is 0. The molecule has 1 aliphatic heterocycles. The van der Waals surface area contributed by atoms with Crippen LogP contribution in [0.4, 0.5) is 0 Å². The van der Waals surface area contributed by atoms with Crippen molar-refractivity contribution in [3.63, 3.8) is 0 Å². The Morgan fingerprint density at radius 1 is 1.33 bits per heavy atom. The van der Waals surface area contributed by atoms with Gasteiger partial charge in [0.15, 0.2) is 5.04 Å². The molecule has 0 aliphatic carbocycles. The maximum Gasteiger partial charge on any atom is 0.267 e. The molecule has 2 aromatic rings. The van der Waals surface area contributed by atoms with E-state index >= 15 is 0 Å². The Bertz CT molecular complexity index is 925. The Morgan fingerprint density at radius 2 is 2.10 bits per heavy atom. The van der Waals surface area contributed by atoms with E-state index in [9.17, 15) is 13.2 Å². The lowest BCUT2D eigenvalue weighted by molar-refractivity contribution is -0.116. The van der Waals surface area contributed by atoms with Crippen molar-refractivity contribution >= 4 is 49.6 Å². The third-order valence-corrected chi connectivity index (χ3v) is 4.96. The van der Waals surface area contributed by atoms with Gasteiger partial charge in [-0.15, -0.1) is 0 Å². The molecular formula is C13H9ClN2O4S. The number of aryl methyl sites for hydroxylation is 1. The Morgan fingerprint density at radius 3 is 2.76 bits per heavy atom. The van der Waals surface area contributed by atoms with Crippen molar-refractivity contribution in [3.05, 3.63) is 28.8 Å². The normalized spacial score (nSPS) is 15.5. The SMILES string of the molecule is Cc1c(S(=O)(=O)C2=NCC(=O)N=C2)oc2ccc(Cl)cc12. The highest BCUT2D eigenvalue weighted by molar-refractivity contribution is 8.08.